The molecule has 1 aliphatic rings. The second-order valence-electron chi connectivity index (χ2n) is 7.40. The van der Waals surface area contributed by atoms with Crippen molar-refractivity contribution in [1.82, 2.24) is 9.55 Å². The lowest BCUT2D eigenvalue weighted by Crippen LogP contribution is -2.32. The summed E-state index contributed by atoms with van der Waals surface area (Å²) in [5.41, 5.74) is 1.45. The molecule has 1 heterocycles. The molecule has 1 aromatic heterocycles. The number of carbonyl (C=O) groups is 2. The van der Waals surface area contributed by atoms with Crippen molar-refractivity contribution < 1.29 is 19.1 Å². The maximum absolute atomic E-state index is 12.7. The summed E-state index contributed by atoms with van der Waals surface area (Å²) in [7, 11) is 1.39. The summed E-state index contributed by atoms with van der Waals surface area (Å²) in [6.45, 7) is 2.05. The minimum atomic E-state index is -0.468. The predicted octanol–water partition coefficient (Wildman–Crippen LogP) is 4.02. The number of carbonyl (C=O) groups excluding carboxylic acids is 2. The van der Waals surface area contributed by atoms with Crippen LogP contribution in [0.4, 0.5) is 0 Å². The highest BCUT2D eigenvalue weighted by molar-refractivity contribution is 5.87. The Morgan fingerprint density at radius 2 is 1.89 bits per heavy atom. The van der Waals surface area contributed by atoms with Gasteiger partial charge in [0.25, 0.3) is 0 Å². The van der Waals surface area contributed by atoms with Crippen LogP contribution in [-0.4, -0.2) is 35.2 Å². The summed E-state index contributed by atoms with van der Waals surface area (Å²) in [6, 6.07) is 9.85. The third-order valence-corrected chi connectivity index (χ3v) is 5.69. The van der Waals surface area contributed by atoms with E-state index in [4.69, 9.17) is 9.47 Å². The second-order valence-corrected chi connectivity index (χ2v) is 7.40. The quantitative estimate of drug-likeness (QED) is 0.675. The number of hydrogen-bond acceptors (Lipinski definition) is 5. The van der Waals surface area contributed by atoms with E-state index in [0.29, 0.717) is 5.69 Å². The maximum Gasteiger partial charge on any atom is 0.356 e. The molecule has 1 aromatic carbocycles. The molecule has 0 spiro atoms. The number of benzene rings is 1. The standard InChI is InChI=1S/C22H28N2O4/c1-16(17-9-5-3-6-10-17)24-15-23-13-20(24)22(26)28-14-19(21(25)27-2)18-11-7-4-8-12-18/h3,5-6,9-10,13,15-16,18-19H,4,7-8,11-12,14H2,1-2H3/t16-,19?/m1/s1. The molecule has 28 heavy (non-hydrogen) atoms. The van der Waals surface area contributed by atoms with E-state index in [0.717, 1.165) is 31.2 Å². The van der Waals surface area contributed by atoms with Gasteiger partial charge in [0.05, 0.1) is 31.6 Å². The third kappa shape index (κ3) is 4.61. The molecule has 6 heteroatoms. The molecule has 2 aromatic rings. The van der Waals surface area contributed by atoms with Gasteiger partial charge in [-0.3, -0.25) is 4.79 Å². The number of hydrogen-bond donors (Lipinski definition) is 0. The first-order chi connectivity index (χ1) is 13.6. The monoisotopic (exact) mass is 384 g/mol. The van der Waals surface area contributed by atoms with Crippen LogP contribution >= 0.6 is 0 Å². The van der Waals surface area contributed by atoms with Gasteiger partial charge in [-0.15, -0.1) is 0 Å². The number of esters is 2. The molecule has 0 bridgehead atoms. The number of rotatable bonds is 7. The molecule has 3 rings (SSSR count). The van der Waals surface area contributed by atoms with Crippen molar-refractivity contribution in [3.05, 3.63) is 54.1 Å². The van der Waals surface area contributed by atoms with E-state index < -0.39 is 11.9 Å². The Bertz CT molecular complexity index is 781. The fourth-order valence-electron chi connectivity index (χ4n) is 3.99. The van der Waals surface area contributed by atoms with Crippen LogP contribution in [0, 0.1) is 11.8 Å². The molecule has 0 N–H and O–H groups in total. The lowest BCUT2D eigenvalue weighted by atomic mass is 9.80. The van der Waals surface area contributed by atoms with Gasteiger partial charge >= 0.3 is 11.9 Å². The van der Waals surface area contributed by atoms with Gasteiger partial charge in [0, 0.05) is 0 Å². The largest absolute Gasteiger partial charge is 0.469 e. The Morgan fingerprint density at radius 1 is 1.18 bits per heavy atom. The Labute approximate surface area is 165 Å². The zero-order valence-corrected chi connectivity index (χ0v) is 16.5. The number of aromatic nitrogens is 2. The van der Waals surface area contributed by atoms with Crippen LogP contribution in [0.3, 0.4) is 0 Å². The lowest BCUT2D eigenvalue weighted by molar-refractivity contribution is -0.149. The van der Waals surface area contributed by atoms with E-state index in [2.05, 4.69) is 4.98 Å². The van der Waals surface area contributed by atoms with Gasteiger partial charge < -0.3 is 14.0 Å². The van der Waals surface area contributed by atoms with Crippen LogP contribution in [0.2, 0.25) is 0 Å². The summed E-state index contributed by atoms with van der Waals surface area (Å²) in [6.07, 6.45) is 8.49. The van der Waals surface area contributed by atoms with Crippen molar-refractivity contribution in [1.29, 1.82) is 0 Å². The smallest absolute Gasteiger partial charge is 0.356 e. The molecule has 1 aliphatic carbocycles. The zero-order chi connectivity index (χ0) is 19.9. The van der Waals surface area contributed by atoms with Gasteiger partial charge in [-0.25, -0.2) is 9.78 Å². The highest BCUT2D eigenvalue weighted by Gasteiger charge is 2.32. The molecule has 6 nitrogen and oxygen atoms in total. The van der Waals surface area contributed by atoms with Gasteiger partial charge in [-0.1, -0.05) is 49.6 Å². The minimum absolute atomic E-state index is 0.0427. The number of methoxy groups -OCH3 is 1. The zero-order valence-electron chi connectivity index (χ0n) is 16.5. The van der Waals surface area contributed by atoms with E-state index in [-0.39, 0.29) is 24.5 Å². The van der Waals surface area contributed by atoms with Gasteiger partial charge in [0.2, 0.25) is 0 Å². The third-order valence-electron chi connectivity index (χ3n) is 5.69. The molecular formula is C22H28N2O4. The van der Waals surface area contributed by atoms with Crippen molar-refractivity contribution in [3.63, 3.8) is 0 Å². The number of nitrogens with zero attached hydrogens (tertiary/aromatic N) is 2. The average molecular weight is 384 g/mol. The van der Waals surface area contributed by atoms with Crippen LogP contribution in [0.25, 0.3) is 0 Å². The minimum Gasteiger partial charge on any atom is -0.469 e. The van der Waals surface area contributed by atoms with Crippen LogP contribution in [0.15, 0.2) is 42.9 Å². The van der Waals surface area contributed by atoms with Crippen molar-refractivity contribution in [2.45, 2.75) is 45.1 Å². The highest BCUT2D eigenvalue weighted by atomic mass is 16.5. The molecular weight excluding hydrogens is 356 g/mol. The molecule has 2 atom stereocenters. The topological polar surface area (TPSA) is 70.4 Å². The van der Waals surface area contributed by atoms with E-state index in [1.165, 1.54) is 19.7 Å². The van der Waals surface area contributed by atoms with E-state index in [9.17, 15) is 9.59 Å². The fraction of sp³-hybridized carbons (Fsp3) is 0.500. The first-order valence-electron chi connectivity index (χ1n) is 9.93. The Kier molecular flexibility index (Phi) is 6.85. The van der Waals surface area contributed by atoms with Gasteiger partial charge in [-0.05, 0) is 31.2 Å². The Hall–Kier alpha value is -2.63. The first kappa shape index (κ1) is 20.1. The van der Waals surface area contributed by atoms with Crippen molar-refractivity contribution in [2.75, 3.05) is 13.7 Å². The summed E-state index contributed by atoms with van der Waals surface area (Å²) in [5, 5.41) is 0. The van der Waals surface area contributed by atoms with Crippen molar-refractivity contribution in [3.8, 4) is 0 Å². The second kappa shape index (κ2) is 9.53. The summed E-state index contributed by atoms with van der Waals surface area (Å²) < 4.78 is 12.3. The Morgan fingerprint density at radius 3 is 2.57 bits per heavy atom. The van der Waals surface area contributed by atoms with Gasteiger partial charge in [-0.2, -0.15) is 0 Å². The number of imidazole rings is 1. The normalized spacial score (nSPS) is 16.9. The highest BCUT2D eigenvalue weighted by Crippen LogP contribution is 2.31. The van der Waals surface area contributed by atoms with Crippen LogP contribution in [0.1, 0.15) is 61.1 Å². The van der Waals surface area contributed by atoms with Crippen LogP contribution in [-0.2, 0) is 14.3 Å². The molecule has 0 radical (unpaired) electrons. The van der Waals surface area contributed by atoms with Gasteiger partial charge in [0.1, 0.15) is 12.3 Å². The molecule has 1 saturated carbocycles. The van der Waals surface area contributed by atoms with E-state index in [1.54, 1.807) is 10.9 Å². The van der Waals surface area contributed by atoms with Crippen LogP contribution in [0.5, 0.6) is 0 Å². The molecule has 0 aliphatic heterocycles. The molecule has 0 saturated heterocycles. The number of ether oxygens (including phenoxy) is 2. The van der Waals surface area contributed by atoms with Crippen LogP contribution < -0.4 is 0 Å². The maximum atomic E-state index is 12.7. The van der Waals surface area contributed by atoms with Gasteiger partial charge in [0.15, 0.2) is 0 Å². The predicted molar refractivity (Wildman–Crippen MR) is 105 cm³/mol. The van der Waals surface area contributed by atoms with Crippen molar-refractivity contribution in [2.24, 2.45) is 11.8 Å². The molecule has 150 valence electrons. The van der Waals surface area contributed by atoms with Crippen molar-refractivity contribution >= 4 is 11.9 Å². The molecule has 0 amide bonds. The lowest BCUT2D eigenvalue weighted by Gasteiger charge is -2.28. The Balaban J connectivity index is 1.69. The van der Waals surface area contributed by atoms with E-state index in [1.807, 2.05) is 37.3 Å². The van der Waals surface area contributed by atoms with E-state index >= 15 is 0 Å². The fourth-order valence-corrected chi connectivity index (χ4v) is 3.99. The average Bonchev–Trinajstić information content (AvgIpc) is 3.24. The summed E-state index contributed by atoms with van der Waals surface area (Å²) >= 11 is 0. The summed E-state index contributed by atoms with van der Waals surface area (Å²) in [4.78, 5) is 29.1. The summed E-state index contributed by atoms with van der Waals surface area (Å²) in [5.74, 6) is -0.963. The molecule has 1 unspecified atom stereocenters. The molecule has 1 fully saturated rings. The SMILES string of the molecule is COC(=O)C(COC(=O)c1cncn1[C@H](C)c1ccccc1)C1CCCCC1. The first-order valence-corrected chi connectivity index (χ1v) is 9.93.